The Morgan fingerprint density at radius 3 is 2.75 bits per heavy atom. The van der Waals surface area contributed by atoms with Crippen molar-refractivity contribution in [2.24, 2.45) is 5.92 Å². The van der Waals surface area contributed by atoms with Crippen LogP contribution in [-0.2, 0) is 5.92 Å². The second-order valence-electron chi connectivity index (χ2n) is 5.62. The molecule has 0 aliphatic carbocycles. The predicted octanol–water partition coefficient (Wildman–Crippen LogP) is 3.10. The SMILES string of the molecule is CCNCC1CCCN(CC(F)(F)c2ccccc2)C1. The van der Waals surface area contributed by atoms with E-state index in [0.717, 1.165) is 39.0 Å². The van der Waals surface area contributed by atoms with Crippen molar-refractivity contribution in [1.82, 2.24) is 10.2 Å². The Labute approximate surface area is 120 Å². The van der Waals surface area contributed by atoms with Crippen molar-refractivity contribution in [3.05, 3.63) is 35.9 Å². The number of halogens is 2. The first kappa shape index (κ1) is 15.4. The molecule has 0 aromatic heterocycles. The van der Waals surface area contributed by atoms with Crippen molar-refractivity contribution in [3.8, 4) is 0 Å². The maximum absolute atomic E-state index is 14.3. The van der Waals surface area contributed by atoms with Crippen LogP contribution in [0.2, 0.25) is 0 Å². The molecule has 1 saturated heterocycles. The standard InChI is InChI=1S/C16H24F2N2/c1-2-19-11-14-7-6-10-20(12-14)13-16(17,18)15-8-4-3-5-9-15/h3-5,8-9,14,19H,2,6-7,10-13H2,1H3. The van der Waals surface area contributed by atoms with E-state index in [4.69, 9.17) is 0 Å². The number of alkyl halides is 2. The lowest BCUT2D eigenvalue weighted by Gasteiger charge is -2.35. The number of nitrogens with one attached hydrogen (secondary N) is 1. The van der Waals surface area contributed by atoms with Crippen LogP contribution in [0.5, 0.6) is 0 Å². The minimum Gasteiger partial charge on any atom is -0.317 e. The maximum Gasteiger partial charge on any atom is 0.285 e. The molecule has 1 aromatic rings. The van der Waals surface area contributed by atoms with Gasteiger partial charge in [0.2, 0.25) is 0 Å². The van der Waals surface area contributed by atoms with Crippen LogP contribution in [0, 0.1) is 5.92 Å². The summed E-state index contributed by atoms with van der Waals surface area (Å²) in [5.74, 6) is -2.27. The Bertz CT molecular complexity index is 395. The van der Waals surface area contributed by atoms with Crippen LogP contribution in [0.3, 0.4) is 0 Å². The van der Waals surface area contributed by atoms with Crippen LogP contribution in [0.4, 0.5) is 8.78 Å². The normalized spacial score (nSPS) is 21.1. The van der Waals surface area contributed by atoms with Gasteiger partial charge < -0.3 is 5.32 Å². The smallest absolute Gasteiger partial charge is 0.285 e. The third-order valence-electron chi connectivity index (χ3n) is 3.90. The monoisotopic (exact) mass is 282 g/mol. The first-order chi connectivity index (χ1) is 9.62. The summed E-state index contributed by atoms with van der Waals surface area (Å²) < 4.78 is 28.5. The molecule has 1 aliphatic rings. The third kappa shape index (κ3) is 4.25. The lowest BCUT2D eigenvalue weighted by atomic mass is 9.97. The van der Waals surface area contributed by atoms with Gasteiger partial charge in [-0.3, -0.25) is 4.90 Å². The van der Waals surface area contributed by atoms with Gasteiger partial charge in [0.05, 0.1) is 6.54 Å². The maximum atomic E-state index is 14.3. The highest BCUT2D eigenvalue weighted by molar-refractivity contribution is 5.20. The van der Waals surface area contributed by atoms with Crippen LogP contribution in [0.1, 0.15) is 25.3 Å². The Kier molecular flexibility index (Phi) is 5.49. The quantitative estimate of drug-likeness (QED) is 0.862. The molecule has 2 rings (SSSR count). The molecule has 0 amide bonds. The summed E-state index contributed by atoms with van der Waals surface area (Å²) in [6.45, 7) is 5.34. The highest BCUT2D eigenvalue weighted by atomic mass is 19.3. The van der Waals surface area contributed by atoms with Gasteiger partial charge in [-0.2, -0.15) is 8.78 Å². The zero-order valence-electron chi connectivity index (χ0n) is 12.1. The molecule has 0 bridgehead atoms. The highest BCUT2D eigenvalue weighted by Gasteiger charge is 2.35. The van der Waals surface area contributed by atoms with Crippen molar-refractivity contribution >= 4 is 0 Å². The second-order valence-corrected chi connectivity index (χ2v) is 5.62. The molecule has 4 heteroatoms. The molecule has 112 valence electrons. The van der Waals surface area contributed by atoms with Crippen molar-refractivity contribution in [2.75, 3.05) is 32.7 Å². The van der Waals surface area contributed by atoms with Gasteiger partial charge in [-0.1, -0.05) is 37.3 Å². The van der Waals surface area contributed by atoms with Crippen LogP contribution in [0.25, 0.3) is 0 Å². The molecule has 0 spiro atoms. The molecule has 1 atom stereocenters. The largest absolute Gasteiger partial charge is 0.317 e. The van der Waals surface area contributed by atoms with Crippen molar-refractivity contribution in [3.63, 3.8) is 0 Å². The van der Waals surface area contributed by atoms with E-state index < -0.39 is 5.92 Å². The summed E-state index contributed by atoms with van der Waals surface area (Å²) in [5.41, 5.74) is 0.119. The van der Waals surface area contributed by atoms with Crippen LogP contribution >= 0.6 is 0 Å². The molecular weight excluding hydrogens is 258 g/mol. The molecule has 0 saturated carbocycles. The van der Waals surface area contributed by atoms with E-state index in [2.05, 4.69) is 12.2 Å². The average molecular weight is 282 g/mol. The summed E-state index contributed by atoms with van der Waals surface area (Å²) >= 11 is 0. The molecule has 0 radical (unpaired) electrons. The number of benzene rings is 1. The third-order valence-corrected chi connectivity index (χ3v) is 3.90. The summed E-state index contributed by atoms with van der Waals surface area (Å²) in [5, 5.41) is 3.32. The lowest BCUT2D eigenvalue weighted by molar-refractivity contribution is -0.0462. The van der Waals surface area contributed by atoms with E-state index in [9.17, 15) is 8.78 Å². The Balaban J connectivity index is 1.91. The summed E-state index contributed by atoms with van der Waals surface area (Å²) in [6.07, 6.45) is 2.15. The zero-order valence-corrected chi connectivity index (χ0v) is 12.1. The van der Waals surface area contributed by atoms with Gasteiger partial charge in [0.1, 0.15) is 0 Å². The predicted molar refractivity (Wildman–Crippen MR) is 78.0 cm³/mol. The Morgan fingerprint density at radius 2 is 2.05 bits per heavy atom. The van der Waals surface area contributed by atoms with E-state index in [-0.39, 0.29) is 12.1 Å². The van der Waals surface area contributed by atoms with Gasteiger partial charge in [0.25, 0.3) is 5.92 Å². The van der Waals surface area contributed by atoms with E-state index in [1.54, 1.807) is 18.2 Å². The number of likely N-dealkylation sites (tertiary alicyclic amines) is 1. The van der Waals surface area contributed by atoms with E-state index >= 15 is 0 Å². The molecule has 1 heterocycles. The van der Waals surface area contributed by atoms with Crippen molar-refractivity contribution < 1.29 is 8.78 Å². The van der Waals surface area contributed by atoms with Crippen molar-refractivity contribution in [2.45, 2.75) is 25.7 Å². The number of hydrogen-bond acceptors (Lipinski definition) is 2. The van der Waals surface area contributed by atoms with Gasteiger partial charge in [-0.05, 0) is 38.4 Å². The second kappa shape index (κ2) is 7.14. The van der Waals surface area contributed by atoms with Crippen molar-refractivity contribution in [1.29, 1.82) is 0 Å². The summed E-state index contributed by atoms with van der Waals surface area (Å²) in [7, 11) is 0. The molecule has 2 nitrogen and oxygen atoms in total. The Hall–Kier alpha value is -1.00. The number of nitrogens with zero attached hydrogens (tertiary/aromatic N) is 1. The molecule has 20 heavy (non-hydrogen) atoms. The number of hydrogen-bond donors (Lipinski definition) is 1. The summed E-state index contributed by atoms with van der Waals surface area (Å²) in [4.78, 5) is 1.92. The van der Waals surface area contributed by atoms with E-state index in [0.29, 0.717) is 5.92 Å². The topological polar surface area (TPSA) is 15.3 Å². The zero-order chi connectivity index (χ0) is 14.4. The minimum atomic E-state index is -2.76. The average Bonchev–Trinajstić information content (AvgIpc) is 2.46. The molecular formula is C16H24F2N2. The van der Waals surface area contributed by atoms with Crippen LogP contribution < -0.4 is 5.32 Å². The fourth-order valence-electron chi connectivity index (χ4n) is 2.86. The molecule has 1 unspecified atom stereocenters. The molecule has 1 fully saturated rings. The van der Waals surface area contributed by atoms with Gasteiger partial charge in [-0.15, -0.1) is 0 Å². The first-order valence-electron chi connectivity index (χ1n) is 7.48. The number of rotatable bonds is 6. The fraction of sp³-hybridized carbons (Fsp3) is 0.625. The lowest BCUT2D eigenvalue weighted by Crippen LogP contribution is -2.44. The molecule has 1 aliphatic heterocycles. The molecule has 1 N–H and O–H groups in total. The highest BCUT2D eigenvalue weighted by Crippen LogP contribution is 2.30. The van der Waals surface area contributed by atoms with E-state index in [1.807, 2.05) is 4.90 Å². The van der Waals surface area contributed by atoms with Crippen LogP contribution in [0.15, 0.2) is 30.3 Å². The number of piperidine rings is 1. The Morgan fingerprint density at radius 1 is 1.30 bits per heavy atom. The van der Waals surface area contributed by atoms with E-state index in [1.165, 1.54) is 12.1 Å². The fourth-order valence-corrected chi connectivity index (χ4v) is 2.86. The van der Waals surface area contributed by atoms with Gasteiger partial charge in [0.15, 0.2) is 0 Å². The minimum absolute atomic E-state index is 0.119. The molecule has 1 aromatic carbocycles. The van der Waals surface area contributed by atoms with Gasteiger partial charge in [0, 0.05) is 12.1 Å². The van der Waals surface area contributed by atoms with Crippen LogP contribution in [-0.4, -0.2) is 37.6 Å². The van der Waals surface area contributed by atoms with Gasteiger partial charge in [-0.25, -0.2) is 0 Å². The van der Waals surface area contributed by atoms with Gasteiger partial charge >= 0.3 is 0 Å². The summed E-state index contributed by atoms with van der Waals surface area (Å²) in [6, 6.07) is 8.15. The first-order valence-corrected chi connectivity index (χ1v) is 7.48.